The molecule has 0 aliphatic carbocycles. The van der Waals surface area contributed by atoms with Crippen LogP contribution in [0.4, 0.5) is 0 Å². The molecule has 2 saturated heterocycles. The second-order valence-corrected chi connectivity index (χ2v) is 5.51. The third kappa shape index (κ3) is 2.01. The van der Waals surface area contributed by atoms with Crippen LogP contribution >= 0.6 is 11.8 Å². The first-order valence-electron chi connectivity index (χ1n) is 5.18. The number of hydrogen-bond acceptors (Lipinski definition) is 2. The van der Waals surface area contributed by atoms with Gasteiger partial charge >= 0.3 is 0 Å². The van der Waals surface area contributed by atoms with E-state index in [9.17, 15) is 4.79 Å². The van der Waals surface area contributed by atoms with E-state index in [1.165, 1.54) is 18.6 Å². The van der Waals surface area contributed by atoms with Crippen molar-refractivity contribution in [3.63, 3.8) is 0 Å². The smallest absolute Gasteiger partial charge is 0.235 e. The zero-order valence-corrected chi connectivity index (χ0v) is 8.98. The van der Waals surface area contributed by atoms with Gasteiger partial charge in [-0.25, -0.2) is 0 Å². The van der Waals surface area contributed by atoms with Crippen molar-refractivity contribution < 1.29 is 4.79 Å². The van der Waals surface area contributed by atoms with E-state index >= 15 is 0 Å². The Kier molecular flexibility index (Phi) is 2.82. The van der Waals surface area contributed by atoms with E-state index in [1.54, 1.807) is 0 Å². The molecule has 2 aliphatic rings. The summed E-state index contributed by atoms with van der Waals surface area (Å²) in [5, 5.41) is 0.293. The van der Waals surface area contributed by atoms with E-state index in [-0.39, 0.29) is 0 Å². The molecule has 2 nitrogen and oxygen atoms in total. The van der Waals surface area contributed by atoms with Crippen LogP contribution in [-0.4, -0.2) is 34.9 Å². The third-order valence-corrected chi connectivity index (χ3v) is 4.20. The fraction of sp³-hybridized carbons (Fsp3) is 0.900. The normalized spacial score (nSPS) is 29.9. The highest BCUT2D eigenvalue weighted by molar-refractivity contribution is 8.00. The maximum absolute atomic E-state index is 11.8. The summed E-state index contributed by atoms with van der Waals surface area (Å²) in [5.74, 6) is 2.32. The Balaban J connectivity index is 1.82. The van der Waals surface area contributed by atoms with Crippen LogP contribution in [0.1, 0.15) is 26.2 Å². The zero-order valence-electron chi connectivity index (χ0n) is 8.16. The minimum Gasteiger partial charge on any atom is -0.341 e. The first-order chi connectivity index (χ1) is 6.27. The topological polar surface area (TPSA) is 20.3 Å². The largest absolute Gasteiger partial charge is 0.341 e. The summed E-state index contributed by atoms with van der Waals surface area (Å²) in [7, 11) is 0. The maximum atomic E-state index is 11.8. The summed E-state index contributed by atoms with van der Waals surface area (Å²) in [6.45, 7) is 4.20. The van der Waals surface area contributed by atoms with E-state index in [0.29, 0.717) is 11.2 Å². The van der Waals surface area contributed by atoms with E-state index in [2.05, 4.69) is 6.92 Å². The van der Waals surface area contributed by atoms with E-state index < -0.39 is 0 Å². The molecule has 3 heteroatoms. The first kappa shape index (κ1) is 9.38. The molecule has 0 radical (unpaired) electrons. The molecule has 74 valence electrons. The van der Waals surface area contributed by atoms with Crippen molar-refractivity contribution >= 4 is 17.7 Å². The lowest BCUT2D eigenvalue weighted by atomic mass is 10.0. The summed E-state index contributed by atoms with van der Waals surface area (Å²) in [6, 6.07) is 0. The van der Waals surface area contributed by atoms with Gasteiger partial charge in [-0.2, -0.15) is 0 Å². The molecule has 0 aromatic rings. The standard InChI is InChI=1S/C10H17NOS/c1-8-6-11(7-8)10(12)9-4-2-3-5-13-9/h8-9H,2-7H2,1H3. The van der Waals surface area contributed by atoms with Crippen LogP contribution in [0.5, 0.6) is 0 Å². The first-order valence-corrected chi connectivity index (χ1v) is 6.22. The van der Waals surface area contributed by atoms with Gasteiger partial charge in [0.2, 0.25) is 5.91 Å². The summed E-state index contributed by atoms with van der Waals surface area (Å²) in [5.41, 5.74) is 0. The minimum atomic E-state index is 0.293. The van der Waals surface area contributed by atoms with Crippen LogP contribution in [0.25, 0.3) is 0 Å². The molecular formula is C10H17NOS. The molecule has 0 N–H and O–H groups in total. The fourth-order valence-electron chi connectivity index (χ4n) is 2.02. The molecule has 0 saturated carbocycles. The Morgan fingerprint density at radius 2 is 2.15 bits per heavy atom. The van der Waals surface area contributed by atoms with Gasteiger partial charge in [0, 0.05) is 13.1 Å². The summed E-state index contributed by atoms with van der Waals surface area (Å²) < 4.78 is 0. The van der Waals surface area contributed by atoms with Crippen LogP contribution in [0, 0.1) is 5.92 Å². The average Bonchev–Trinajstić information content (AvgIpc) is 2.13. The van der Waals surface area contributed by atoms with Gasteiger partial charge in [0.1, 0.15) is 0 Å². The van der Waals surface area contributed by atoms with Crippen LogP contribution in [0.2, 0.25) is 0 Å². The van der Waals surface area contributed by atoms with E-state index in [1.807, 2.05) is 16.7 Å². The van der Waals surface area contributed by atoms with Crippen molar-refractivity contribution in [2.75, 3.05) is 18.8 Å². The summed E-state index contributed by atoms with van der Waals surface area (Å²) >= 11 is 1.86. The number of likely N-dealkylation sites (tertiary alicyclic amines) is 1. The quantitative estimate of drug-likeness (QED) is 0.641. The predicted octanol–water partition coefficient (Wildman–Crippen LogP) is 1.75. The number of rotatable bonds is 1. The number of hydrogen-bond donors (Lipinski definition) is 0. The fourth-order valence-corrected chi connectivity index (χ4v) is 3.30. The van der Waals surface area contributed by atoms with Gasteiger partial charge in [0.15, 0.2) is 0 Å². The van der Waals surface area contributed by atoms with Crippen LogP contribution < -0.4 is 0 Å². The lowest BCUT2D eigenvalue weighted by molar-refractivity contribution is -0.136. The number of amides is 1. The Morgan fingerprint density at radius 3 is 2.69 bits per heavy atom. The Labute approximate surface area is 84.1 Å². The van der Waals surface area contributed by atoms with Gasteiger partial charge in [0.25, 0.3) is 0 Å². The molecular weight excluding hydrogens is 182 g/mol. The maximum Gasteiger partial charge on any atom is 0.235 e. The molecule has 2 aliphatic heterocycles. The number of thioether (sulfide) groups is 1. The molecule has 1 amide bonds. The van der Waals surface area contributed by atoms with Crippen molar-refractivity contribution in [2.45, 2.75) is 31.4 Å². The lowest BCUT2D eigenvalue weighted by Crippen LogP contribution is -2.52. The Bertz CT molecular complexity index is 195. The Hall–Kier alpha value is -0.180. The van der Waals surface area contributed by atoms with Crippen molar-refractivity contribution in [3.05, 3.63) is 0 Å². The second kappa shape index (κ2) is 3.91. The molecule has 0 aromatic carbocycles. The number of nitrogens with zero attached hydrogens (tertiary/aromatic N) is 1. The van der Waals surface area contributed by atoms with Gasteiger partial charge in [0.05, 0.1) is 5.25 Å². The van der Waals surface area contributed by atoms with Crippen molar-refractivity contribution in [1.82, 2.24) is 4.90 Å². The highest BCUT2D eigenvalue weighted by Gasteiger charge is 2.32. The molecule has 13 heavy (non-hydrogen) atoms. The Morgan fingerprint density at radius 1 is 1.38 bits per heavy atom. The molecule has 2 heterocycles. The number of carbonyl (C=O) groups is 1. The second-order valence-electron chi connectivity index (χ2n) is 4.20. The third-order valence-electron chi connectivity index (χ3n) is 2.83. The highest BCUT2D eigenvalue weighted by atomic mass is 32.2. The van der Waals surface area contributed by atoms with Crippen LogP contribution in [0.15, 0.2) is 0 Å². The molecule has 2 rings (SSSR count). The SMILES string of the molecule is CC1CN(C(=O)C2CCCCS2)C1. The van der Waals surface area contributed by atoms with Crippen molar-refractivity contribution in [3.8, 4) is 0 Å². The van der Waals surface area contributed by atoms with Gasteiger partial charge in [-0.1, -0.05) is 13.3 Å². The van der Waals surface area contributed by atoms with E-state index in [4.69, 9.17) is 0 Å². The van der Waals surface area contributed by atoms with Crippen LogP contribution in [0.3, 0.4) is 0 Å². The zero-order chi connectivity index (χ0) is 9.26. The van der Waals surface area contributed by atoms with E-state index in [0.717, 1.165) is 25.4 Å². The molecule has 2 fully saturated rings. The summed E-state index contributed by atoms with van der Waals surface area (Å²) in [6.07, 6.45) is 3.64. The van der Waals surface area contributed by atoms with Gasteiger partial charge < -0.3 is 4.90 Å². The van der Waals surface area contributed by atoms with Gasteiger partial charge in [-0.3, -0.25) is 4.79 Å². The van der Waals surface area contributed by atoms with Crippen molar-refractivity contribution in [1.29, 1.82) is 0 Å². The highest BCUT2D eigenvalue weighted by Crippen LogP contribution is 2.28. The molecule has 1 atom stereocenters. The van der Waals surface area contributed by atoms with Crippen LogP contribution in [-0.2, 0) is 4.79 Å². The van der Waals surface area contributed by atoms with Gasteiger partial charge in [-0.05, 0) is 24.5 Å². The molecule has 1 unspecified atom stereocenters. The number of carbonyl (C=O) groups excluding carboxylic acids is 1. The molecule has 0 bridgehead atoms. The lowest BCUT2D eigenvalue weighted by Gasteiger charge is -2.39. The predicted molar refractivity (Wildman–Crippen MR) is 55.8 cm³/mol. The van der Waals surface area contributed by atoms with Gasteiger partial charge in [-0.15, -0.1) is 11.8 Å². The minimum absolute atomic E-state index is 0.293. The molecule has 0 spiro atoms. The average molecular weight is 199 g/mol. The monoisotopic (exact) mass is 199 g/mol. The molecule has 0 aromatic heterocycles. The van der Waals surface area contributed by atoms with Crippen molar-refractivity contribution in [2.24, 2.45) is 5.92 Å². The summed E-state index contributed by atoms with van der Waals surface area (Å²) in [4.78, 5) is 13.9.